The fourth-order valence-electron chi connectivity index (χ4n) is 2.70. The fraction of sp³-hybridized carbons (Fsp3) is 0.625. The molecule has 1 nitrogen and oxygen atoms in total. The first-order chi connectivity index (χ1) is 9.70. The first kappa shape index (κ1) is 16.1. The Morgan fingerprint density at radius 1 is 1.35 bits per heavy atom. The van der Waals surface area contributed by atoms with Gasteiger partial charge in [0.05, 0.1) is 5.02 Å². The molecule has 0 spiro atoms. The summed E-state index contributed by atoms with van der Waals surface area (Å²) in [5.41, 5.74) is 0.898. The van der Waals surface area contributed by atoms with Crippen molar-refractivity contribution < 1.29 is 4.39 Å². The number of likely N-dealkylation sites (N-methyl/N-ethyl adjacent to an activating group) is 1. The molecule has 1 unspecified atom stereocenters. The largest absolute Gasteiger partial charge is 0.316 e. The summed E-state index contributed by atoms with van der Waals surface area (Å²) < 4.78 is 13.5. The lowest BCUT2D eigenvalue weighted by atomic mass is 10.0. The summed E-state index contributed by atoms with van der Waals surface area (Å²) in [5.74, 6) is 0.743. The van der Waals surface area contributed by atoms with Gasteiger partial charge in [-0.25, -0.2) is 4.39 Å². The SMILES string of the molecule is CNC(CSC1CCCCC1)Cc1cccc(F)c1Cl. The van der Waals surface area contributed by atoms with E-state index in [1.165, 1.54) is 38.2 Å². The van der Waals surface area contributed by atoms with Gasteiger partial charge in [-0.3, -0.25) is 0 Å². The highest BCUT2D eigenvalue weighted by Gasteiger charge is 2.17. The van der Waals surface area contributed by atoms with Gasteiger partial charge in [-0.2, -0.15) is 11.8 Å². The molecule has 0 aromatic heterocycles. The quantitative estimate of drug-likeness (QED) is 0.818. The molecule has 1 atom stereocenters. The van der Waals surface area contributed by atoms with E-state index >= 15 is 0 Å². The zero-order valence-electron chi connectivity index (χ0n) is 12.0. The van der Waals surface area contributed by atoms with E-state index in [0.29, 0.717) is 6.04 Å². The van der Waals surface area contributed by atoms with Crippen LogP contribution in [-0.2, 0) is 6.42 Å². The van der Waals surface area contributed by atoms with Gasteiger partial charge < -0.3 is 5.32 Å². The Hall–Kier alpha value is -0.250. The van der Waals surface area contributed by atoms with Crippen LogP contribution in [0.2, 0.25) is 5.02 Å². The van der Waals surface area contributed by atoms with Crippen LogP contribution in [0.4, 0.5) is 4.39 Å². The van der Waals surface area contributed by atoms with Crippen LogP contribution >= 0.6 is 23.4 Å². The third-order valence-electron chi connectivity index (χ3n) is 3.99. The zero-order valence-corrected chi connectivity index (χ0v) is 13.6. The fourth-order valence-corrected chi connectivity index (χ4v) is 4.36. The molecular weight excluding hydrogens is 293 g/mol. The normalized spacial score (nSPS) is 18.1. The molecule has 0 radical (unpaired) electrons. The summed E-state index contributed by atoms with van der Waals surface area (Å²) in [5, 5.41) is 4.42. The summed E-state index contributed by atoms with van der Waals surface area (Å²) in [6, 6.07) is 5.41. The van der Waals surface area contributed by atoms with Gasteiger partial charge in [-0.1, -0.05) is 43.0 Å². The third-order valence-corrected chi connectivity index (χ3v) is 5.95. The van der Waals surface area contributed by atoms with Crippen molar-refractivity contribution in [2.24, 2.45) is 0 Å². The molecule has 20 heavy (non-hydrogen) atoms. The van der Waals surface area contributed by atoms with Crippen molar-refractivity contribution >= 4 is 23.4 Å². The molecule has 1 fully saturated rings. The predicted octanol–water partition coefficient (Wildman–Crippen LogP) is 4.68. The van der Waals surface area contributed by atoms with Crippen LogP contribution in [0, 0.1) is 5.82 Å². The van der Waals surface area contributed by atoms with Crippen LogP contribution in [0.1, 0.15) is 37.7 Å². The molecule has 1 aliphatic rings. The second-order valence-corrected chi connectivity index (χ2v) is 7.21. The maximum atomic E-state index is 13.5. The smallest absolute Gasteiger partial charge is 0.142 e. The predicted molar refractivity (Wildman–Crippen MR) is 87.3 cm³/mol. The molecule has 2 rings (SSSR count). The van der Waals surface area contributed by atoms with E-state index in [1.54, 1.807) is 6.07 Å². The second kappa shape index (κ2) is 8.26. The second-order valence-electron chi connectivity index (χ2n) is 5.50. The van der Waals surface area contributed by atoms with Gasteiger partial charge in [0.2, 0.25) is 0 Å². The highest BCUT2D eigenvalue weighted by atomic mass is 35.5. The summed E-state index contributed by atoms with van der Waals surface area (Å²) in [7, 11) is 1.97. The molecule has 0 aliphatic heterocycles. The topological polar surface area (TPSA) is 12.0 Å². The number of thioether (sulfide) groups is 1. The first-order valence-electron chi connectivity index (χ1n) is 7.42. The molecule has 0 saturated heterocycles. The van der Waals surface area contributed by atoms with Crippen molar-refractivity contribution in [3.63, 3.8) is 0 Å². The van der Waals surface area contributed by atoms with Crippen molar-refractivity contribution in [3.8, 4) is 0 Å². The maximum absolute atomic E-state index is 13.5. The standard InChI is InChI=1S/C16H23ClFNS/c1-19-13(11-20-14-7-3-2-4-8-14)10-12-6-5-9-15(18)16(12)17/h5-6,9,13-14,19H,2-4,7-8,10-11H2,1H3. The van der Waals surface area contributed by atoms with E-state index in [9.17, 15) is 4.39 Å². The first-order valence-corrected chi connectivity index (χ1v) is 8.85. The summed E-state index contributed by atoms with van der Waals surface area (Å²) >= 11 is 8.09. The summed E-state index contributed by atoms with van der Waals surface area (Å²) in [6.45, 7) is 0. The van der Waals surface area contributed by atoms with E-state index < -0.39 is 0 Å². The van der Waals surface area contributed by atoms with Gasteiger partial charge in [0.1, 0.15) is 5.82 Å². The molecule has 1 aromatic carbocycles. The molecule has 4 heteroatoms. The van der Waals surface area contributed by atoms with Crippen molar-refractivity contribution in [2.45, 2.75) is 49.8 Å². The van der Waals surface area contributed by atoms with Crippen LogP contribution in [-0.4, -0.2) is 24.1 Å². The highest BCUT2D eigenvalue weighted by molar-refractivity contribution is 7.99. The summed E-state index contributed by atoms with van der Waals surface area (Å²) in [4.78, 5) is 0. The van der Waals surface area contributed by atoms with Gasteiger partial charge in [0.25, 0.3) is 0 Å². The minimum absolute atomic E-state index is 0.274. The van der Waals surface area contributed by atoms with Crippen LogP contribution < -0.4 is 5.32 Å². The van der Waals surface area contributed by atoms with Crippen molar-refractivity contribution in [2.75, 3.05) is 12.8 Å². The average molecular weight is 316 g/mol. The van der Waals surface area contributed by atoms with Crippen molar-refractivity contribution in [1.82, 2.24) is 5.32 Å². The Kier molecular flexibility index (Phi) is 6.66. The minimum atomic E-state index is -0.320. The van der Waals surface area contributed by atoms with Crippen LogP contribution in [0.25, 0.3) is 0 Å². The zero-order chi connectivity index (χ0) is 14.4. The van der Waals surface area contributed by atoms with Crippen LogP contribution in [0.15, 0.2) is 18.2 Å². The number of nitrogens with one attached hydrogen (secondary N) is 1. The lowest BCUT2D eigenvalue weighted by Gasteiger charge is -2.24. The van der Waals surface area contributed by atoms with Crippen molar-refractivity contribution in [1.29, 1.82) is 0 Å². The van der Waals surface area contributed by atoms with Gasteiger partial charge in [-0.15, -0.1) is 0 Å². The molecule has 0 bridgehead atoms. The number of hydrogen-bond donors (Lipinski definition) is 1. The van der Waals surface area contributed by atoms with Gasteiger partial charge in [0.15, 0.2) is 0 Å². The molecule has 1 saturated carbocycles. The molecule has 112 valence electrons. The molecule has 0 amide bonds. The van der Waals surface area contributed by atoms with E-state index in [0.717, 1.165) is 23.0 Å². The Balaban J connectivity index is 1.86. The summed E-state index contributed by atoms with van der Waals surface area (Å²) in [6.07, 6.45) is 7.62. The van der Waals surface area contributed by atoms with E-state index in [-0.39, 0.29) is 10.8 Å². The average Bonchev–Trinajstić information content (AvgIpc) is 2.49. The molecule has 1 aliphatic carbocycles. The van der Waals surface area contributed by atoms with E-state index in [1.807, 2.05) is 13.1 Å². The number of halogens is 2. The molecule has 0 heterocycles. The number of hydrogen-bond acceptors (Lipinski definition) is 2. The van der Waals surface area contributed by atoms with Gasteiger partial charge >= 0.3 is 0 Å². The Morgan fingerprint density at radius 2 is 2.10 bits per heavy atom. The van der Waals surface area contributed by atoms with Crippen molar-refractivity contribution in [3.05, 3.63) is 34.6 Å². The maximum Gasteiger partial charge on any atom is 0.142 e. The number of rotatable bonds is 6. The monoisotopic (exact) mass is 315 g/mol. The Morgan fingerprint density at radius 3 is 2.80 bits per heavy atom. The Labute approximate surface area is 130 Å². The van der Waals surface area contributed by atoms with Gasteiger partial charge in [0, 0.05) is 17.0 Å². The molecule has 1 N–H and O–H groups in total. The van der Waals surface area contributed by atoms with Gasteiger partial charge in [-0.05, 0) is 37.9 Å². The number of benzene rings is 1. The third kappa shape index (κ3) is 4.64. The lowest BCUT2D eigenvalue weighted by molar-refractivity contribution is 0.514. The highest BCUT2D eigenvalue weighted by Crippen LogP contribution is 2.29. The van der Waals surface area contributed by atoms with Crippen LogP contribution in [0.3, 0.4) is 0 Å². The molecular formula is C16H23ClFNS. The molecule has 1 aromatic rings. The van der Waals surface area contributed by atoms with Crippen LogP contribution in [0.5, 0.6) is 0 Å². The minimum Gasteiger partial charge on any atom is -0.316 e. The Bertz CT molecular complexity index is 421. The van der Waals surface area contributed by atoms with E-state index in [2.05, 4.69) is 17.1 Å². The van der Waals surface area contributed by atoms with E-state index in [4.69, 9.17) is 11.6 Å². The lowest BCUT2D eigenvalue weighted by Crippen LogP contribution is -2.31.